The first-order valence-electron chi connectivity index (χ1n) is 12.8. The van der Waals surface area contributed by atoms with Crippen LogP contribution in [0.3, 0.4) is 0 Å². The fourth-order valence-electron chi connectivity index (χ4n) is 5.97. The van der Waals surface area contributed by atoms with Gasteiger partial charge in [0.25, 0.3) is 0 Å². The van der Waals surface area contributed by atoms with Crippen LogP contribution >= 0.6 is 0 Å². The SMILES string of the molecule is Cc1ccc2c(c1)[Si](C)(C)c1cc(C)ccc1N2c1ccc2c(c1)c1ncccc1n2-c1cccnc1. The molecule has 1 aliphatic rings. The van der Waals surface area contributed by atoms with Crippen molar-refractivity contribution in [1.29, 1.82) is 0 Å². The molecule has 37 heavy (non-hydrogen) atoms. The Kier molecular flexibility index (Phi) is 4.69. The molecule has 0 radical (unpaired) electrons. The van der Waals surface area contributed by atoms with E-state index in [1.165, 1.54) is 32.9 Å². The van der Waals surface area contributed by atoms with Crippen LogP contribution in [0.2, 0.25) is 13.1 Å². The highest BCUT2D eigenvalue weighted by Crippen LogP contribution is 2.41. The predicted molar refractivity (Wildman–Crippen MR) is 157 cm³/mol. The highest BCUT2D eigenvalue weighted by atomic mass is 28.3. The van der Waals surface area contributed by atoms with Crippen LogP contribution in [0, 0.1) is 13.8 Å². The summed E-state index contributed by atoms with van der Waals surface area (Å²) in [6.07, 6.45) is 5.61. The van der Waals surface area contributed by atoms with Crippen LogP contribution in [-0.2, 0) is 0 Å². The predicted octanol–water partition coefficient (Wildman–Crippen LogP) is 6.80. The molecule has 0 unspecified atom stereocenters. The van der Waals surface area contributed by atoms with Crippen LogP contribution in [0.1, 0.15) is 11.1 Å². The third-order valence-corrected chi connectivity index (χ3v) is 11.3. The molecule has 0 spiro atoms. The van der Waals surface area contributed by atoms with Crippen molar-refractivity contribution in [2.45, 2.75) is 26.9 Å². The molecule has 1 aliphatic heterocycles. The van der Waals surface area contributed by atoms with E-state index in [0.29, 0.717) is 0 Å². The lowest BCUT2D eigenvalue weighted by Gasteiger charge is -2.41. The molecule has 0 atom stereocenters. The van der Waals surface area contributed by atoms with Crippen LogP contribution in [-0.4, -0.2) is 22.6 Å². The highest BCUT2D eigenvalue weighted by Gasteiger charge is 2.38. The van der Waals surface area contributed by atoms with Crippen molar-refractivity contribution in [2.24, 2.45) is 0 Å². The number of hydrogen-bond donors (Lipinski definition) is 0. The van der Waals surface area contributed by atoms with Crippen LogP contribution < -0.4 is 15.3 Å². The number of benzene rings is 3. The van der Waals surface area contributed by atoms with E-state index in [2.05, 4.69) is 108 Å². The van der Waals surface area contributed by atoms with Gasteiger partial charge in [-0.1, -0.05) is 48.5 Å². The highest BCUT2D eigenvalue weighted by molar-refractivity contribution is 7.02. The van der Waals surface area contributed by atoms with Crippen molar-refractivity contribution in [3.8, 4) is 5.69 Å². The van der Waals surface area contributed by atoms with Crippen molar-refractivity contribution < 1.29 is 0 Å². The molecule has 3 aromatic carbocycles. The van der Waals surface area contributed by atoms with Gasteiger partial charge in [0.1, 0.15) is 8.07 Å². The molecule has 0 N–H and O–H groups in total. The third kappa shape index (κ3) is 3.20. The Labute approximate surface area is 217 Å². The van der Waals surface area contributed by atoms with Crippen LogP contribution in [0.15, 0.2) is 97.5 Å². The van der Waals surface area contributed by atoms with Gasteiger partial charge in [-0.2, -0.15) is 0 Å². The van der Waals surface area contributed by atoms with Gasteiger partial charge in [-0.25, -0.2) is 0 Å². The molecule has 0 fully saturated rings. The Balaban J connectivity index is 1.53. The maximum absolute atomic E-state index is 4.82. The Bertz CT molecular complexity index is 1780. The Hall–Kier alpha value is -4.22. The zero-order valence-electron chi connectivity index (χ0n) is 21.5. The number of nitrogens with zero attached hydrogens (tertiary/aromatic N) is 4. The van der Waals surface area contributed by atoms with Gasteiger partial charge in [-0.05, 0) is 78.8 Å². The number of fused-ring (bicyclic) bond motifs is 5. The van der Waals surface area contributed by atoms with Gasteiger partial charge in [0.15, 0.2) is 0 Å². The molecule has 3 aromatic heterocycles. The summed E-state index contributed by atoms with van der Waals surface area (Å²) < 4.78 is 2.26. The maximum atomic E-state index is 4.82. The standard InChI is InChI=1S/C32H28N4Si/c1-21-9-12-27-30(17-21)37(3,4)31-18-22(2)10-13-28(31)35(27)23-11-14-26-25(19-23)32-29(8-6-16-34-32)36(26)24-7-5-15-33-20-24/h5-20H,1-4H3. The number of anilines is 3. The van der Waals surface area contributed by atoms with Gasteiger partial charge < -0.3 is 9.47 Å². The molecule has 7 rings (SSSR count). The molecule has 6 aromatic rings. The van der Waals surface area contributed by atoms with Crippen LogP contribution in [0.5, 0.6) is 0 Å². The van der Waals surface area contributed by atoms with Gasteiger partial charge in [-0.15, -0.1) is 0 Å². The first-order valence-corrected chi connectivity index (χ1v) is 15.8. The van der Waals surface area contributed by atoms with E-state index in [0.717, 1.165) is 33.3 Å². The summed E-state index contributed by atoms with van der Waals surface area (Å²) in [5, 5.41) is 4.12. The smallest absolute Gasteiger partial charge is 0.117 e. The Morgan fingerprint density at radius 2 is 1.38 bits per heavy atom. The average Bonchev–Trinajstić information content (AvgIpc) is 3.24. The van der Waals surface area contributed by atoms with Gasteiger partial charge in [-0.3, -0.25) is 9.97 Å². The summed E-state index contributed by atoms with van der Waals surface area (Å²) in [6, 6.07) is 28.9. The normalized spacial score (nSPS) is 14.1. The minimum absolute atomic E-state index is 1.00. The molecule has 4 heterocycles. The lowest BCUT2D eigenvalue weighted by molar-refractivity contribution is 1.14. The van der Waals surface area contributed by atoms with E-state index >= 15 is 0 Å². The van der Waals surface area contributed by atoms with Crippen molar-refractivity contribution in [3.63, 3.8) is 0 Å². The second-order valence-electron chi connectivity index (χ2n) is 10.6. The molecular weight excluding hydrogens is 468 g/mol. The number of pyridine rings is 2. The summed E-state index contributed by atoms with van der Waals surface area (Å²) in [5.41, 5.74) is 10.6. The van der Waals surface area contributed by atoms with Crippen LogP contribution in [0.4, 0.5) is 17.1 Å². The maximum Gasteiger partial charge on any atom is 0.117 e. The largest absolute Gasteiger partial charge is 0.311 e. The summed E-state index contributed by atoms with van der Waals surface area (Å²) in [5.74, 6) is 0. The molecule has 0 saturated carbocycles. The summed E-state index contributed by atoms with van der Waals surface area (Å²) >= 11 is 0. The lowest BCUT2D eigenvalue weighted by atomic mass is 10.1. The van der Waals surface area contributed by atoms with E-state index in [9.17, 15) is 0 Å². The van der Waals surface area contributed by atoms with Gasteiger partial charge in [0.05, 0.1) is 28.4 Å². The zero-order chi connectivity index (χ0) is 25.3. The monoisotopic (exact) mass is 496 g/mol. The number of aryl methyl sites for hydroxylation is 2. The fourth-order valence-corrected chi connectivity index (χ4v) is 9.11. The van der Waals surface area contributed by atoms with E-state index in [1.807, 2.05) is 30.7 Å². The van der Waals surface area contributed by atoms with Crippen molar-refractivity contribution in [2.75, 3.05) is 4.90 Å². The molecule has 4 nitrogen and oxygen atoms in total. The van der Waals surface area contributed by atoms with Crippen LogP contribution in [0.25, 0.3) is 27.6 Å². The van der Waals surface area contributed by atoms with Gasteiger partial charge in [0, 0.05) is 34.8 Å². The number of aromatic nitrogens is 3. The molecule has 0 saturated heterocycles. The lowest BCUT2D eigenvalue weighted by Crippen LogP contribution is -2.58. The Morgan fingerprint density at radius 1 is 0.676 bits per heavy atom. The van der Waals surface area contributed by atoms with Crippen molar-refractivity contribution in [1.82, 2.24) is 14.5 Å². The van der Waals surface area contributed by atoms with Gasteiger partial charge >= 0.3 is 0 Å². The molecule has 180 valence electrons. The summed E-state index contributed by atoms with van der Waals surface area (Å²) in [7, 11) is -1.87. The molecule has 0 aliphatic carbocycles. The quantitative estimate of drug-likeness (QED) is 0.247. The molecule has 0 amide bonds. The van der Waals surface area contributed by atoms with Crippen molar-refractivity contribution in [3.05, 3.63) is 109 Å². The minimum atomic E-state index is -1.87. The summed E-state index contributed by atoms with van der Waals surface area (Å²) in [4.78, 5) is 11.7. The topological polar surface area (TPSA) is 34.0 Å². The Morgan fingerprint density at radius 3 is 2.05 bits per heavy atom. The second kappa shape index (κ2) is 7.89. The number of hydrogen-bond acceptors (Lipinski definition) is 3. The van der Waals surface area contributed by atoms with E-state index in [1.54, 1.807) is 0 Å². The van der Waals surface area contributed by atoms with E-state index in [4.69, 9.17) is 4.98 Å². The summed E-state index contributed by atoms with van der Waals surface area (Å²) in [6.45, 7) is 9.36. The number of rotatable bonds is 2. The second-order valence-corrected chi connectivity index (χ2v) is 14.9. The first kappa shape index (κ1) is 22.0. The van der Waals surface area contributed by atoms with Crippen molar-refractivity contribution >= 4 is 57.4 Å². The first-order chi connectivity index (χ1) is 17.9. The molecule has 0 bridgehead atoms. The minimum Gasteiger partial charge on any atom is -0.311 e. The molecular formula is C32H28N4Si. The fraction of sp³-hybridized carbons (Fsp3) is 0.125. The van der Waals surface area contributed by atoms with E-state index < -0.39 is 8.07 Å². The molecule has 5 heteroatoms. The average molecular weight is 497 g/mol. The zero-order valence-corrected chi connectivity index (χ0v) is 22.5. The van der Waals surface area contributed by atoms with Gasteiger partial charge in [0.2, 0.25) is 0 Å². The third-order valence-electron chi connectivity index (χ3n) is 7.80. The van der Waals surface area contributed by atoms with E-state index in [-0.39, 0.29) is 0 Å².